The molecule has 0 spiro atoms. The lowest BCUT2D eigenvalue weighted by molar-refractivity contribution is 0.0633. The van der Waals surface area contributed by atoms with Crippen LogP contribution in [0.3, 0.4) is 0 Å². The third-order valence-electron chi connectivity index (χ3n) is 7.50. The van der Waals surface area contributed by atoms with Crippen LogP contribution in [-0.4, -0.2) is 63.2 Å². The van der Waals surface area contributed by atoms with Gasteiger partial charge < -0.3 is 14.3 Å². The summed E-state index contributed by atoms with van der Waals surface area (Å²) < 4.78 is 5.40. The van der Waals surface area contributed by atoms with Crippen LogP contribution in [0.15, 0.2) is 70.6 Å². The summed E-state index contributed by atoms with van der Waals surface area (Å²) >= 11 is 1.47. The Bertz CT molecular complexity index is 1490. The number of ketones is 1. The standard InChI is InChI=1S/C31H32N4O4S/c1-4-35(20(2)28(36)23-13-9-6-10-14-23)30(37)25-19-40-29(32-25)24-15-17-34(18-16-24)31(38)26-21(3)39-33-27(26)22-11-7-5-8-12-22/h5-14,19-20,24H,4,15-18H2,1-3H3. The summed E-state index contributed by atoms with van der Waals surface area (Å²) in [6, 6.07) is 18.0. The van der Waals surface area contributed by atoms with Crippen LogP contribution in [0, 0.1) is 6.92 Å². The molecule has 1 aliphatic rings. The summed E-state index contributed by atoms with van der Waals surface area (Å²) in [5, 5.41) is 6.83. The van der Waals surface area contributed by atoms with Gasteiger partial charge in [-0.25, -0.2) is 4.98 Å². The topological polar surface area (TPSA) is 96.6 Å². The highest BCUT2D eigenvalue weighted by molar-refractivity contribution is 7.09. The van der Waals surface area contributed by atoms with Crippen LogP contribution >= 0.6 is 11.3 Å². The number of rotatable bonds is 8. The Kier molecular flexibility index (Phi) is 8.21. The fraction of sp³-hybridized carbons (Fsp3) is 0.323. The van der Waals surface area contributed by atoms with Crippen LogP contribution in [0.5, 0.6) is 0 Å². The van der Waals surface area contributed by atoms with Crippen molar-refractivity contribution >= 4 is 28.9 Å². The highest BCUT2D eigenvalue weighted by Gasteiger charge is 2.32. The van der Waals surface area contributed by atoms with E-state index in [0.29, 0.717) is 47.9 Å². The van der Waals surface area contributed by atoms with Crippen LogP contribution < -0.4 is 0 Å². The molecule has 8 nitrogen and oxygen atoms in total. The monoisotopic (exact) mass is 556 g/mol. The third kappa shape index (κ3) is 5.47. The first kappa shape index (κ1) is 27.5. The number of Topliss-reactive ketones (excluding diaryl/α,β-unsaturated/α-hetero) is 1. The molecule has 0 aliphatic carbocycles. The van der Waals surface area contributed by atoms with Crippen molar-refractivity contribution < 1.29 is 18.9 Å². The lowest BCUT2D eigenvalue weighted by Crippen LogP contribution is -2.43. The van der Waals surface area contributed by atoms with Crippen molar-refractivity contribution in [2.24, 2.45) is 0 Å². The molecule has 1 saturated heterocycles. The first-order valence-electron chi connectivity index (χ1n) is 13.6. The molecule has 0 N–H and O–H groups in total. The molecule has 9 heteroatoms. The number of likely N-dealkylation sites (N-methyl/N-ethyl adjacent to an activating group) is 1. The van der Waals surface area contributed by atoms with E-state index in [4.69, 9.17) is 9.51 Å². The van der Waals surface area contributed by atoms with E-state index < -0.39 is 6.04 Å². The number of piperidine rings is 1. The summed E-state index contributed by atoms with van der Waals surface area (Å²) in [6.07, 6.45) is 1.50. The Morgan fingerprint density at radius 1 is 1.05 bits per heavy atom. The second-order valence-corrected chi connectivity index (χ2v) is 10.9. The maximum Gasteiger partial charge on any atom is 0.273 e. The first-order chi connectivity index (χ1) is 19.4. The molecule has 3 heterocycles. The molecular weight excluding hydrogens is 524 g/mol. The molecule has 2 amide bonds. The molecule has 206 valence electrons. The normalized spacial score (nSPS) is 14.6. The molecule has 1 fully saturated rings. The molecule has 1 unspecified atom stereocenters. The Balaban J connectivity index is 1.24. The maximum absolute atomic E-state index is 13.5. The summed E-state index contributed by atoms with van der Waals surface area (Å²) in [7, 11) is 0. The van der Waals surface area contributed by atoms with Crippen LogP contribution in [0.1, 0.15) is 74.6 Å². The average molecular weight is 557 g/mol. The van der Waals surface area contributed by atoms with Gasteiger partial charge in [0.25, 0.3) is 11.8 Å². The molecule has 0 bridgehead atoms. The van der Waals surface area contributed by atoms with Crippen LogP contribution in [0.2, 0.25) is 0 Å². The van der Waals surface area contributed by atoms with Gasteiger partial charge in [-0.05, 0) is 33.6 Å². The molecule has 2 aromatic carbocycles. The Labute approximate surface area is 237 Å². The van der Waals surface area contributed by atoms with E-state index in [1.165, 1.54) is 11.3 Å². The fourth-order valence-electron chi connectivity index (χ4n) is 5.20. The van der Waals surface area contributed by atoms with E-state index in [1.54, 1.807) is 36.3 Å². The zero-order chi connectivity index (χ0) is 28.2. The van der Waals surface area contributed by atoms with Gasteiger partial charge >= 0.3 is 0 Å². The maximum atomic E-state index is 13.5. The van der Waals surface area contributed by atoms with Gasteiger partial charge in [0.05, 0.1) is 11.0 Å². The zero-order valence-corrected chi connectivity index (χ0v) is 23.7. The molecule has 40 heavy (non-hydrogen) atoms. The molecule has 1 aliphatic heterocycles. The number of aromatic nitrogens is 2. The summed E-state index contributed by atoms with van der Waals surface area (Å²) in [5.41, 5.74) is 2.86. The SMILES string of the molecule is CCN(C(=O)c1csc(C2CCN(C(=O)c3c(-c4ccccc4)noc3C)CC2)n1)C(C)C(=O)c1ccccc1. The van der Waals surface area contributed by atoms with Crippen molar-refractivity contribution in [1.29, 1.82) is 0 Å². The summed E-state index contributed by atoms with van der Waals surface area (Å²) in [6.45, 7) is 6.95. The predicted octanol–water partition coefficient (Wildman–Crippen LogP) is 5.86. The lowest BCUT2D eigenvalue weighted by atomic mass is 9.96. The second kappa shape index (κ2) is 12.0. The highest BCUT2D eigenvalue weighted by Crippen LogP contribution is 2.33. The molecule has 5 rings (SSSR count). The van der Waals surface area contributed by atoms with Crippen LogP contribution in [-0.2, 0) is 0 Å². The fourth-order valence-corrected chi connectivity index (χ4v) is 6.17. The number of thiazole rings is 1. The molecule has 1 atom stereocenters. The Hall–Kier alpha value is -4.11. The number of carbonyl (C=O) groups excluding carboxylic acids is 3. The van der Waals surface area contributed by atoms with Gasteiger partial charge in [0.1, 0.15) is 22.7 Å². The van der Waals surface area contributed by atoms with E-state index >= 15 is 0 Å². The largest absolute Gasteiger partial charge is 0.360 e. The van der Waals surface area contributed by atoms with Gasteiger partial charge in [-0.15, -0.1) is 11.3 Å². The number of amides is 2. The number of hydrogen-bond acceptors (Lipinski definition) is 7. The van der Waals surface area contributed by atoms with Crippen LogP contribution in [0.4, 0.5) is 0 Å². The number of nitrogens with zero attached hydrogens (tertiary/aromatic N) is 4. The van der Waals surface area contributed by atoms with Gasteiger partial charge in [0.2, 0.25) is 0 Å². The first-order valence-corrected chi connectivity index (χ1v) is 14.4. The van der Waals surface area contributed by atoms with Crippen molar-refractivity contribution in [3.63, 3.8) is 0 Å². The number of likely N-dealkylation sites (tertiary alicyclic amines) is 1. The number of benzene rings is 2. The predicted molar refractivity (Wildman–Crippen MR) is 154 cm³/mol. The van der Waals surface area contributed by atoms with Gasteiger partial charge in [0, 0.05) is 42.1 Å². The van der Waals surface area contributed by atoms with Gasteiger partial charge in [-0.2, -0.15) is 0 Å². The summed E-state index contributed by atoms with van der Waals surface area (Å²) in [4.78, 5) is 47.9. The third-order valence-corrected chi connectivity index (χ3v) is 8.51. The zero-order valence-electron chi connectivity index (χ0n) is 22.9. The molecule has 2 aromatic heterocycles. The van der Waals surface area contributed by atoms with E-state index in [0.717, 1.165) is 23.4 Å². The van der Waals surface area contributed by atoms with Gasteiger partial charge in [-0.1, -0.05) is 65.8 Å². The lowest BCUT2D eigenvalue weighted by Gasteiger charge is -2.31. The second-order valence-electron chi connectivity index (χ2n) is 9.96. The van der Waals surface area contributed by atoms with Gasteiger partial charge in [0.15, 0.2) is 5.78 Å². The van der Waals surface area contributed by atoms with E-state index in [2.05, 4.69) is 5.16 Å². The smallest absolute Gasteiger partial charge is 0.273 e. The minimum atomic E-state index is -0.596. The van der Waals surface area contributed by atoms with E-state index in [-0.39, 0.29) is 23.5 Å². The number of hydrogen-bond donors (Lipinski definition) is 0. The molecule has 0 saturated carbocycles. The van der Waals surface area contributed by atoms with Gasteiger partial charge in [-0.3, -0.25) is 14.4 Å². The minimum absolute atomic E-state index is 0.0817. The van der Waals surface area contributed by atoms with E-state index in [9.17, 15) is 14.4 Å². The molecule has 4 aromatic rings. The van der Waals surface area contributed by atoms with Crippen molar-refractivity contribution in [3.05, 3.63) is 93.6 Å². The number of carbonyl (C=O) groups is 3. The Morgan fingerprint density at radius 2 is 1.70 bits per heavy atom. The highest BCUT2D eigenvalue weighted by atomic mass is 32.1. The van der Waals surface area contributed by atoms with E-state index in [1.807, 2.05) is 60.4 Å². The van der Waals surface area contributed by atoms with Crippen molar-refractivity contribution in [1.82, 2.24) is 19.9 Å². The van der Waals surface area contributed by atoms with Crippen molar-refractivity contribution in [2.45, 2.75) is 45.6 Å². The average Bonchev–Trinajstić information content (AvgIpc) is 3.65. The summed E-state index contributed by atoms with van der Waals surface area (Å²) in [5.74, 6) is 0.245. The quantitative estimate of drug-likeness (QED) is 0.252. The number of aryl methyl sites for hydroxylation is 1. The van der Waals surface area contributed by atoms with Crippen molar-refractivity contribution in [2.75, 3.05) is 19.6 Å². The Morgan fingerprint density at radius 3 is 2.35 bits per heavy atom. The molecule has 0 radical (unpaired) electrons. The molecular formula is C31H32N4O4S. The van der Waals surface area contributed by atoms with Crippen molar-refractivity contribution in [3.8, 4) is 11.3 Å². The minimum Gasteiger partial charge on any atom is -0.360 e. The van der Waals surface area contributed by atoms with Crippen LogP contribution in [0.25, 0.3) is 11.3 Å².